The van der Waals surface area contributed by atoms with E-state index in [0.717, 1.165) is 17.1 Å². The minimum atomic E-state index is -1.73. The highest BCUT2D eigenvalue weighted by Crippen LogP contribution is 2.36. The Labute approximate surface area is 218 Å². The zero-order valence-electron chi connectivity index (χ0n) is 19.5. The number of aliphatic carboxylic acids is 1. The van der Waals surface area contributed by atoms with E-state index >= 15 is 0 Å². The Hall–Kier alpha value is -4.05. The molecule has 1 fully saturated rings. The summed E-state index contributed by atoms with van der Waals surface area (Å²) in [5.41, 5.74) is 4.57. The minimum Gasteiger partial charge on any atom is -0.478 e. The van der Waals surface area contributed by atoms with Crippen molar-refractivity contribution in [3.63, 3.8) is 0 Å². The van der Waals surface area contributed by atoms with Crippen LogP contribution in [0.25, 0.3) is 0 Å². The number of β-lactam (4-membered cyclic amide) rings is 1. The number of nitrogens with zero attached hydrogens (tertiary/aromatic N) is 5. The quantitative estimate of drug-likeness (QED) is 0.138. The van der Waals surface area contributed by atoms with E-state index in [2.05, 4.69) is 19.8 Å². The van der Waals surface area contributed by atoms with Crippen LogP contribution < -0.4 is 15.6 Å². The second kappa shape index (κ2) is 10.1. The van der Waals surface area contributed by atoms with Crippen molar-refractivity contribution in [2.24, 2.45) is 5.16 Å². The molecule has 2 aliphatic heterocycles. The van der Waals surface area contributed by atoms with Crippen molar-refractivity contribution in [2.75, 3.05) is 11.5 Å². The van der Waals surface area contributed by atoms with Gasteiger partial charge in [0.25, 0.3) is 11.8 Å². The summed E-state index contributed by atoms with van der Waals surface area (Å²) in [5.74, 6) is -3.05. The molecule has 4 heterocycles. The van der Waals surface area contributed by atoms with Gasteiger partial charge >= 0.3 is 11.9 Å². The molecule has 1 saturated heterocycles. The molecule has 0 aliphatic carbocycles. The molecule has 194 valence electrons. The fourth-order valence-electron chi connectivity index (χ4n) is 3.31. The van der Waals surface area contributed by atoms with E-state index in [9.17, 15) is 24.3 Å². The number of hydrogen-bond acceptors (Lipinski definition) is 11. The number of nitrogens with two attached hydrogens (primary N) is 1. The summed E-state index contributed by atoms with van der Waals surface area (Å²) in [6.07, 6.45) is 5.02. The molecule has 2 aromatic rings. The van der Waals surface area contributed by atoms with E-state index in [1.807, 2.05) is 0 Å². The van der Waals surface area contributed by atoms with E-state index in [1.54, 1.807) is 23.2 Å². The second-order valence-corrected chi connectivity index (χ2v) is 10.4. The van der Waals surface area contributed by atoms with Gasteiger partial charge in [-0.2, -0.15) is 9.36 Å². The maximum atomic E-state index is 13.0. The first-order valence-electron chi connectivity index (χ1n) is 10.7. The highest BCUT2D eigenvalue weighted by Gasteiger charge is 2.50. The first-order valence-corrected chi connectivity index (χ1v) is 12.5. The molecule has 14 nitrogen and oxygen atoms in total. The van der Waals surface area contributed by atoms with Crippen LogP contribution >= 0.6 is 23.3 Å². The Kier molecular flexibility index (Phi) is 7.13. The number of anilines is 1. The molecule has 2 atom stereocenters. The molecule has 0 spiro atoms. The molecule has 0 bridgehead atoms. The normalized spacial score (nSPS) is 19.4. The van der Waals surface area contributed by atoms with E-state index < -0.39 is 35.2 Å². The van der Waals surface area contributed by atoms with Gasteiger partial charge in [-0.25, -0.2) is 14.2 Å². The molecule has 0 radical (unpaired) electrons. The van der Waals surface area contributed by atoms with Crippen LogP contribution in [0.2, 0.25) is 0 Å². The van der Waals surface area contributed by atoms with Gasteiger partial charge < -0.3 is 31.0 Å². The highest BCUT2D eigenvalue weighted by atomic mass is 32.2. The number of nitrogen functional groups attached to an aromatic ring is 1. The molecular weight excluding hydrogens is 526 g/mol. The Morgan fingerprint density at radius 1 is 1.32 bits per heavy atom. The van der Waals surface area contributed by atoms with Crippen molar-refractivity contribution >= 4 is 57.9 Å². The summed E-state index contributed by atoms with van der Waals surface area (Å²) in [5, 5.41) is 24.3. The predicted octanol–water partition coefficient (Wildman–Crippen LogP) is -0.326. The average Bonchev–Trinajstić information content (AvgIpc) is 3.28. The van der Waals surface area contributed by atoms with E-state index in [-0.39, 0.29) is 27.8 Å². The third kappa shape index (κ3) is 5.54. The molecule has 0 saturated carbocycles. The van der Waals surface area contributed by atoms with Gasteiger partial charge in [-0.15, -0.1) is 11.8 Å². The number of carbonyl (C=O) groups excluding carboxylic acids is 2. The Morgan fingerprint density at radius 3 is 2.62 bits per heavy atom. The van der Waals surface area contributed by atoms with Crippen LogP contribution in [-0.2, 0) is 25.8 Å². The average molecular weight is 549 g/mol. The summed E-state index contributed by atoms with van der Waals surface area (Å²) in [6, 6.07) is 2.13. The Bertz CT molecular complexity index is 1320. The van der Waals surface area contributed by atoms with Crippen LogP contribution in [0.1, 0.15) is 30.0 Å². The van der Waals surface area contributed by atoms with Crippen LogP contribution in [0.5, 0.6) is 0 Å². The van der Waals surface area contributed by atoms with Gasteiger partial charge in [0, 0.05) is 41.2 Å². The molecule has 2 aliphatic rings. The lowest BCUT2D eigenvalue weighted by Gasteiger charge is -2.47. The molecular formula is C21H22N7O7S2+. The van der Waals surface area contributed by atoms with Gasteiger partial charge in [-0.3, -0.25) is 9.59 Å². The third-order valence-corrected chi connectivity index (χ3v) is 7.32. The van der Waals surface area contributed by atoms with Crippen molar-refractivity contribution in [1.29, 1.82) is 0 Å². The van der Waals surface area contributed by atoms with Crippen molar-refractivity contribution < 1.29 is 38.8 Å². The molecule has 1 unspecified atom stereocenters. The number of fused-ring (bicyclic) bond motifs is 1. The zero-order valence-corrected chi connectivity index (χ0v) is 21.2. The fraction of sp³-hybridized carbons (Fsp3) is 0.333. The number of amides is 2. The lowest BCUT2D eigenvalue weighted by molar-refractivity contribution is -0.689. The van der Waals surface area contributed by atoms with Crippen LogP contribution in [0.4, 0.5) is 5.13 Å². The second-order valence-electron chi connectivity index (χ2n) is 8.55. The van der Waals surface area contributed by atoms with Crippen molar-refractivity contribution in [1.82, 2.24) is 19.6 Å². The lowest BCUT2D eigenvalue weighted by Crippen LogP contribution is -2.69. The van der Waals surface area contributed by atoms with Crippen LogP contribution in [0, 0.1) is 0 Å². The fourth-order valence-corrected chi connectivity index (χ4v) is 5.00. The first kappa shape index (κ1) is 26.0. The van der Waals surface area contributed by atoms with Crippen molar-refractivity contribution in [3.05, 3.63) is 47.7 Å². The van der Waals surface area contributed by atoms with E-state index in [1.165, 1.54) is 42.6 Å². The zero-order chi connectivity index (χ0) is 26.9. The third-order valence-electron chi connectivity index (χ3n) is 5.40. The lowest BCUT2D eigenvalue weighted by atomic mass is 10.1. The number of carbonyl (C=O) groups is 4. The molecule has 2 aromatic heterocycles. The molecule has 4 rings (SSSR count). The Morgan fingerprint density at radius 2 is 2.03 bits per heavy atom. The summed E-state index contributed by atoms with van der Waals surface area (Å²) in [6.45, 7) is 2.97. The number of rotatable bonds is 9. The van der Waals surface area contributed by atoms with E-state index in [0.29, 0.717) is 12.3 Å². The van der Waals surface area contributed by atoms with Gasteiger partial charge in [0.2, 0.25) is 17.1 Å². The van der Waals surface area contributed by atoms with Gasteiger partial charge in [0.05, 0.1) is 5.56 Å². The maximum Gasteiger partial charge on any atom is 0.350 e. The maximum absolute atomic E-state index is 13.0. The van der Waals surface area contributed by atoms with Gasteiger partial charge in [-0.1, -0.05) is 5.16 Å². The SMILES string of the molecule is CC(C)(ON=C(C(=O)NC1C(=O)N2C=C(C[n+]3ccc(C(=O)O)cc3)CS[C@H]12)c1nsc(N)n1)C(=O)O. The summed E-state index contributed by atoms with van der Waals surface area (Å²) < 4.78 is 5.74. The van der Waals surface area contributed by atoms with Crippen LogP contribution in [0.3, 0.4) is 0 Å². The van der Waals surface area contributed by atoms with E-state index in [4.69, 9.17) is 15.7 Å². The van der Waals surface area contributed by atoms with Crippen molar-refractivity contribution in [2.45, 2.75) is 37.4 Å². The number of pyridine rings is 1. The van der Waals surface area contributed by atoms with Crippen molar-refractivity contribution in [3.8, 4) is 0 Å². The Balaban J connectivity index is 1.44. The molecule has 0 aromatic carbocycles. The smallest absolute Gasteiger partial charge is 0.350 e. The van der Waals surface area contributed by atoms with Gasteiger partial charge in [-0.05, 0) is 13.8 Å². The predicted molar refractivity (Wildman–Crippen MR) is 130 cm³/mol. The number of hydrogen-bond donors (Lipinski definition) is 4. The summed E-state index contributed by atoms with van der Waals surface area (Å²) in [7, 11) is 0. The summed E-state index contributed by atoms with van der Waals surface area (Å²) in [4.78, 5) is 58.7. The van der Waals surface area contributed by atoms with Crippen LogP contribution in [0.15, 0.2) is 41.5 Å². The minimum absolute atomic E-state index is 0.0647. The monoisotopic (exact) mass is 548 g/mol. The number of carboxylic acid groups (broad SMARTS) is 2. The molecule has 5 N–H and O–H groups in total. The first-order chi connectivity index (χ1) is 17.5. The standard InChI is InChI=1S/C21H21N7O7S2/c1-21(2,19(33)34)35-25-12(14-24-20(22)37-26-14)15(29)23-13-16(30)28-8-10(9-36-17(13)28)7-27-5-3-11(4-6-27)18(31)32/h3-6,8,13,17H,7,9H2,1-2H3,(H4-,22,23,24,26,29,31,32,33,34)/p+1/t13?,17-/m1/s1. The highest BCUT2D eigenvalue weighted by molar-refractivity contribution is 8.00. The number of aromatic carboxylic acids is 1. The topological polar surface area (TPSA) is 201 Å². The van der Waals surface area contributed by atoms with Gasteiger partial charge in [0.1, 0.15) is 11.4 Å². The number of nitrogens with one attached hydrogen (secondary N) is 1. The summed E-state index contributed by atoms with van der Waals surface area (Å²) >= 11 is 2.27. The number of oxime groups is 1. The van der Waals surface area contributed by atoms with Gasteiger partial charge in [0.15, 0.2) is 24.1 Å². The number of thioether (sulfide) groups is 1. The largest absolute Gasteiger partial charge is 0.478 e. The number of aromatic nitrogens is 3. The number of carboxylic acids is 2. The molecule has 16 heteroatoms. The molecule has 2 amide bonds. The van der Waals surface area contributed by atoms with Crippen LogP contribution in [-0.4, -0.2) is 76.7 Å². The molecule has 37 heavy (non-hydrogen) atoms.